The van der Waals surface area contributed by atoms with Crippen molar-refractivity contribution < 1.29 is 35.4 Å². The van der Waals surface area contributed by atoms with E-state index < -0.39 is 34.8 Å². The lowest BCUT2D eigenvalue weighted by molar-refractivity contribution is -0.0701. The molecule has 1 fully saturated rings. The van der Waals surface area contributed by atoms with E-state index in [-0.39, 0.29) is 24.7 Å². The first kappa shape index (κ1) is 29.0. The van der Waals surface area contributed by atoms with E-state index >= 15 is 0 Å². The fourth-order valence-corrected chi connectivity index (χ4v) is 5.76. The number of benzene rings is 2. The first-order chi connectivity index (χ1) is 17.6. The van der Waals surface area contributed by atoms with Gasteiger partial charge in [0.25, 0.3) is 0 Å². The number of phenolic OH excluding ortho intramolecular Hbond substituents is 1. The monoisotopic (exact) mass is 532 g/mol. The number of rotatable bonds is 10. The topological polar surface area (TPSA) is 163 Å². The minimum atomic E-state index is -1.43. The summed E-state index contributed by atoms with van der Waals surface area (Å²) in [7, 11) is 0. The molecule has 10 heteroatoms. The number of carbonyl (C=O) groups is 1. The van der Waals surface area contributed by atoms with Crippen LogP contribution in [0, 0.1) is 6.92 Å². The zero-order valence-corrected chi connectivity index (χ0v) is 21.6. The highest BCUT2D eigenvalue weighted by molar-refractivity contribution is 8.00. The Hall–Kier alpha value is -2.60. The quantitative estimate of drug-likeness (QED) is 0.212. The van der Waals surface area contributed by atoms with Crippen molar-refractivity contribution >= 4 is 17.8 Å². The first-order valence-electron chi connectivity index (χ1n) is 12.2. The van der Waals surface area contributed by atoms with Gasteiger partial charge in [-0.2, -0.15) is 0 Å². The molecule has 1 heterocycles. The van der Waals surface area contributed by atoms with Crippen LogP contribution in [0.4, 0.5) is 4.79 Å². The van der Waals surface area contributed by atoms with E-state index in [0.717, 1.165) is 46.9 Å². The van der Waals surface area contributed by atoms with Crippen molar-refractivity contribution in [2.75, 3.05) is 19.8 Å². The highest BCUT2D eigenvalue weighted by Gasteiger charge is 2.44. The fraction of sp³-hybridized carbons (Fsp3) is 0.444. The standard InChI is InChI=1S/C27H36N2O7S/c1-15-10-21(32)20(26-25(35)24(34)23(33)22(14-31)37-26)12-19(15)11-18-7-5-17(6-8-18)4-3-9-28-27(36)29-16(2)13-30/h5-8,10,12,22-26,30-35H,2-4,9,11,13-14H2,1H3,(H2,28,29,36)/t22-,23-,24+,25-,26+/m1/s1. The van der Waals surface area contributed by atoms with Crippen LogP contribution in [-0.2, 0) is 12.8 Å². The van der Waals surface area contributed by atoms with E-state index in [2.05, 4.69) is 17.2 Å². The molecule has 1 aliphatic rings. The maximum atomic E-state index is 11.6. The van der Waals surface area contributed by atoms with Crippen LogP contribution in [0.1, 0.15) is 39.5 Å². The summed E-state index contributed by atoms with van der Waals surface area (Å²) in [6.45, 7) is 5.22. The van der Waals surface area contributed by atoms with Gasteiger partial charge < -0.3 is 41.3 Å². The van der Waals surface area contributed by atoms with Gasteiger partial charge in [0.1, 0.15) is 11.9 Å². The van der Waals surface area contributed by atoms with Crippen LogP contribution in [0.2, 0.25) is 0 Å². The molecule has 0 radical (unpaired) electrons. The Bertz CT molecular complexity index is 1080. The summed E-state index contributed by atoms with van der Waals surface area (Å²) in [4.78, 5) is 11.6. The minimum absolute atomic E-state index is 0.00334. The largest absolute Gasteiger partial charge is 0.508 e. The zero-order chi connectivity index (χ0) is 27.1. The molecule has 8 N–H and O–H groups in total. The second-order valence-corrected chi connectivity index (χ2v) is 10.7. The summed E-state index contributed by atoms with van der Waals surface area (Å²) in [6.07, 6.45) is -1.86. The van der Waals surface area contributed by atoms with Crippen molar-refractivity contribution in [1.29, 1.82) is 0 Å². The molecule has 3 rings (SSSR count). The Labute approximate surface area is 220 Å². The lowest BCUT2D eigenvalue weighted by Crippen LogP contribution is -2.51. The normalized spacial score (nSPS) is 23.5. The smallest absolute Gasteiger partial charge is 0.319 e. The molecule has 0 aliphatic carbocycles. The summed E-state index contributed by atoms with van der Waals surface area (Å²) in [5.41, 5.74) is 4.71. The van der Waals surface area contributed by atoms with Gasteiger partial charge >= 0.3 is 6.03 Å². The van der Waals surface area contributed by atoms with Gasteiger partial charge in [-0.25, -0.2) is 4.79 Å². The fourth-order valence-electron chi connectivity index (χ4n) is 4.32. The maximum absolute atomic E-state index is 11.6. The molecule has 202 valence electrons. The number of thioether (sulfide) groups is 1. The molecule has 1 saturated heterocycles. The highest BCUT2D eigenvalue weighted by atomic mass is 32.2. The van der Waals surface area contributed by atoms with Gasteiger partial charge in [0.15, 0.2) is 0 Å². The molecule has 37 heavy (non-hydrogen) atoms. The Balaban J connectivity index is 1.63. The lowest BCUT2D eigenvalue weighted by atomic mass is 9.92. The van der Waals surface area contributed by atoms with Crippen molar-refractivity contribution in [3.63, 3.8) is 0 Å². The van der Waals surface area contributed by atoms with Crippen LogP contribution < -0.4 is 10.6 Å². The molecule has 0 bridgehead atoms. The van der Waals surface area contributed by atoms with Gasteiger partial charge in [-0.15, -0.1) is 11.8 Å². The Morgan fingerprint density at radius 1 is 1.03 bits per heavy atom. The van der Waals surface area contributed by atoms with E-state index in [1.807, 2.05) is 37.3 Å². The SMILES string of the molecule is C=C(CO)NC(=O)NCCCc1ccc(Cc2cc([C@@H]3S[C@H](CO)[C@@H](O)[C@H](O)[C@H]3O)c(O)cc2C)cc1. The average molecular weight is 533 g/mol. The van der Waals surface area contributed by atoms with Crippen LogP contribution in [0.3, 0.4) is 0 Å². The molecule has 2 amide bonds. The Morgan fingerprint density at radius 2 is 1.70 bits per heavy atom. The summed E-state index contributed by atoms with van der Waals surface area (Å²) in [6, 6.07) is 11.2. The third-order valence-electron chi connectivity index (χ3n) is 6.51. The summed E-state index contributed by atoms with van der Waals surface area (Å²) >= 11 is 1.14. The number of urea groups is 1. The van der Waals surface area contributed by atoms with E-state index in [4.69, 9.17) is 5.11 Å². The molecular formula is C27H36N2O7S. The molecule has 2 aromatic carbocycles. The van der Waals surface area contributed by atoms with Crippen molar-refractivity contribution in [3.05, 3.63) is 76.5 Å². The van der Waals surface area contributed by atoms with E-state index in [1.54, 1.807) is 6.07 Å². The van der Waals surface area contributed by atoms with E-state index in [0.29, 0.717) is 18.5 Å². The number of hydrogen-bond acceptors (Lipinski definition) is 8. The molecule has 2 aromatic rings. The van der Waals surface area contributed by atoms with Gasteiger partial charge in [0.05, 0.1) is 35.9 Å². The second-order valence-electron chi connectivity index (χ2n) is 9.33. The maximum Gasteiger partial charge on any atom is 0.319 e. The van der Waals surface area contributed by atoms with Crippen LogP contribution in [0.5, 0.6) is 5.75 Å². The van der Waals surface area contributed by atoms with Crippen molar-refractivity contribution in [2.45, 2.75) is 55.0 Å². The molecule has 5 atom stereocenters. The Kier molecular flexibility index (Phi) is 10.4. The first-order valence-corrected chi connectivity index (χ1v) is 13.1. The summed E-state index contributed by atoms with van der Waals surface area (Å²) in [5, 5.41) is 63.8. The zero-order valence-electron chi connectivity index (χ0n) is 20.8. The number of nitrogens with one attached hydrogen (secondary N) is 2. The van der Waals surface area contributed by atoms with Crippen LogP contribution in [-0.4, -0.2) is 80.0 Å². The minimum Gasteiger partial charge on any atom is -0.508 e. The number of carbonyl (C=O) groups excluding carboxylic acids is 1. The number of phenols is 1. The number of aliphatic hydroxyl groups excluding tert-OH is 5. The molecule has 9 nitrogen and oxygen atoms in total. The number of aryl methyl sites for hydroxylation is 2. The van der Waals surface area contributed by atoms with Crippen molar-refractivity contribution in [1.82, 2.24) is 10.6 Å². The predicted molar refractivity (Wildman–Crippen MR) is 142 cm³/mol. The molecule has 0 unspecified atom stereocenters. The van der Waals surface area contributed by atoms with Gasteiger partial charge in [-0.3, -0.25) is 0 Å². The third kappa shape index (κ3) is 7.47. The van der Waals surface area contributed by atoms with Gasteiger partial charge in [-0.05, 0) is 54.5 Å². The van der Waals surface area contributed by atoms with Gasteiger partial charge in [0, 0.05) is 17.8 Å². The van der Waals surface area contributed by atoms with E-state index in [1.165, 1.54) is 0 Å². The van der Waals surface area contributed by atoms with Crippen molar-refractivity contribution in [2.24, 2.45) is 0 Å². The number of aliphatic hydroxyl groups is 5. The van der Waals surface area contributed by atoms with Gasteiger partial charge in [-0.1, -0.05) is 36.9 Å². The molecular weight excluding hydrogens is 496 g/mol. The molecule has 0 aromatic heterocycles. The molecule has 0 spiro atoms. The lowest BCUT2D eigenvalue weighted by Gasteiger charge is -2.40. The van der Waals surface area contributed by atoms with E-state index in [9.17, 15) is 30.3 Å². The van der Waals surface area contributed by atoms with Crippen LogP contribution in [0.25, 0.3) is 0 Å². The molecule has 0 saturated carbocycles. The van der Waals surface area contributed by atoms with Crippen LogP contribution >= 0.6 is 11.8 Å². The summed E-state index contributed by atoms with van der Waals surface area (Å²) < 4.78 is 0. The number of aromatic hydroxyl groups is 1. The number of hydrogen-bond donors (Lipinski definition) is 8. The van der Waals surface area contributed by atoms with Crippen molar-refractivity contribution in [3.8, 4) is 5.75 Å². The number of amides is 2. The molecule has 1 aliphatic heterocycles. The highest BCUT2D eigenvalue weighted by Crippen LogP contribution is 2.46. The average Bonchev–Trinajstić information content (AvgIpc) is 2.88. The van der Waals surface area contributed by atoms with Gasteiger partial charge in [0.2, 0.25) is 0 Å². The third-order valence-corrected chi connectivity index (χ3v) is 8.11. The Morgan fingerprint density at radius 3 is 2.35 bits per heavy atom. The summed E-state index contributed by atoms with van der Waals surface area (Å²) in [5.74, 6) is -0.00334. The predicted octanol–water partition coefficient (Wildman–Crippen LogP) is 1.26. The second kappa shape index (κ2) is 13.3. The van der Waals surface area contributed by atoms with Crippen LogP contribution in [0.15, 0.2) is 48.7 Å².